The van der Waals surface area contributed by atoms with E-state index in [1.807, 2.05) is 54.8 Å². The second-order valence-corrected chi connectivity index (χ2v) is 7.01. The average Bonchev–Trinajstić information content (AvgIpc) is 2.65. The summed E-state index contributed by atoms with van der Waals surface area (Å²) in [6, 6.07) is 15.5. The van der Waals surface area contributed by atoms with Crippen LogP contribution in [0.5, 0.6) is 5.75 Å². The lowest BCUT2D eigenvalue weighted by Crippen LogP contribution is -2.31. The molecule has 0 saturated heterocycles. The third-order valence-electron chi connectivity index (χ3n) is 4.74. The molecule has 2 aromatic carbocycles. The molecule has 1 atom stereocenters. The van der Waals surface area contributed by atoms with Crippen molar-refractivity contribution in [1.82, 2.24) is 4.57 Å². The third kappa shape index (κ3) is 2.55. The van der Waals surface area contributed by atoms with E-state index in [0.717, 1.165) is 21.4 Å². The number of carbonyl (C=O) groups is 1. The molecular weight excluding hydrogens is 334 g/mol. The van der Waals surface area contributed by atoms with Crippen molar-refractivity contribution in [3.63, 3.8) is 0 Å². The fourth-order valence-corrected chi connectivity index (χ4v) is 3.86. The van der Waals surface area contributed by atoms with E-state index in [1.54, 1.807) is 23.4 Å². The van der Waals surface area contributed by atoms with Crippen molar-refractivity contribution in [3.05, 3.63) is 70.0 Å². The van der Waals surface area contributed by atoms with Crippen LogP contribution in [0.4, 0.5) is 0 Å². The Morgan fingerprint density at radius 3 is 2.52 bits per heavy atom. The van der Waals surface area contributed by atoms with Gasteiger partial charge in [-0.3, -0.25) is 9.59 Å². The van der Waals surface area contributed by atoms with Crippen LogP contribution in [-0.4, -0.2) is 16.8 Å². The number of aryl methyl sites for hydroxylation is 1. The second kappa shape index (κ2) is 6.08. The van der Waals surface area contributed by atoms with Crippen LogP contribution in [0.3, 0.4) is 0 Å². The number of para-hydroxylation sites is 1. The molecule has 25 heavy (non-hydrogen) atoms. The molecule has 0 bridgehead atoms. The van der Waals surface area contributed by atoms with Crippen molar-refractivity contribution in [2.75, 3.05) is 6.26 Å². The van der Waals surface area contributed by atoms with Crippen LogP contribution < -0.4 is 10.3 Å². The fraction of sp³-hybridized carbons (Fsp3) is 0.200. The zero-order valence-electron chi connectivity index (χ0n) is 14.0. The molecule has 0 aliphatic carbocycles. The summed E-state index contributed by atoms with van der Waals surface area (Å²) in [6.07, 6.45) is 2.20. The first-order valence-corrected chi connectivity index (χ1v) is 9.29. The molecule has 0 spiro atoms. The van der Waals surface area contributed by atoms with Crippen molar-refractivity contribution < 1.29 is 9.53 Å². The molecule has 0 saturated carbocycles. The van der Waals surface area contributed by atoms with Crippen LogP contribution in [-0.2, 0) is 11.8 Å². The minimum atomic E-state index is -0.301. The van der Waals surface area contributed by atoms with Gasteiger partial charge in [0.05, 0.1) is 17.5 Å². The summed E-state index contributed by atoms with van der Waals surface area (Å²) >= 11 is 1.66. The highest BCUT2D eigenvalue weighted by atomic mass is 32.2. The lowest BCUT2D eigenvalue weighted by atomic mass is 9.86. The number of ether oxygens (including phenoxy) is 1. The SMILES string of the molecule is CSc1ccc([C@@H]2CC(=O)Oc3c2c(=O)n(C)c2ccccc32)cc1. The standard InChI is InChI=1S/C20H17NO3S/c1-21-16-6-4-3-5-14(16)19-18(20(21)23)15(11-17(22)24-19)12-7-9-13(25-2)10-8-12/h3-10,15H,11H2,1-2H3/t15-/m0/s1. The molecule has 5 heteroatoms. The Hall–Kier alpha value is -2.53. The minimum absolute atomic E-state index is 0.111. The van der Waals surface area contributed by atoms with Gasteiger partial charge in [0, 0.05) is 23.2 Å². The number of nitrogens with zero attached hydrogens (tertiary/aromatic N) is 1. The molecule has 0 amide bonds. The maximum Gasteiger partial charge on any atom is 0.312 e. The molecular formula is C20H17NO3S. The minimum Gasteiger partial charge on any atom is -0.425 e. The Balaban J connectivity index is 1.99. The van der Waals surface area contributed by atoms with Crippen LogP contribution in [0.2, 0.25) is 0 Å². The van der Waals surface area contributed by atoms with Crippen LogP contribution in [0.25, 0.3) is 10.9 Å². The predicted molar refractivity (Wildman–Crippen MR) is 99.5 cm³/mol. The van der Waals surface area contributed by atoms with Gasteiger partial charge < -0.3 is 9.30 Å². The first-order valence-electron chi connectivity index (χ1n) is 8.06. The summed E-state index contributed by atoms with van der Waals surface area (Å²) in [5, 5.41) is 0.790. The van der Waals surface area contributed by atoms with Crippen LogP contribution in [0.1, 0.15) is 23.5 Å². The summed E-state index contributed by atoms with van der Waals surface area (Å²) in [6.45, 7) is 0. The molecule has 1 aromatic heterocycles. The van der Waals surface area contributed by atoms with E-state index < -0.39 is 0 Å². The first kappa shape index (κ1) is 16.0. The van der Waals surface area contributed by atoms with Crippen molar-refractivity contribution in [1.29, 1.82) is 0 Å². The molecule has 0 radical (unpaired) electrons. The molecule has 2 heterocycles. The van der Waals surface area contributed by atoms with E-state index in [0.29, 0.717) is 11.3 Å². The van der Waals surface area contributed by atoms with Gasteiger partial charge in [0.15, 0.2) is 0 Å². The topological polar surface area (TPSA) is 48.3 Å². The van der Waals surface area contributed by atoms with E-state index in [4.69, 9.17) is 4.74 Å². The number of benzene rings is 2. The maximum atomic E-state index is 13.0. The molecule has 1 aliphatic heterocycles. The van der Waals surface area contributed by atoms with Crippen molar-refractivity contribution >= 4 is 28.6 Å². The van der Waals surface area contributed by atoms with Crippen molar-refractivity contribution in [2.45, 2.75) is 17.2 Å². The largest absolute Gasteiger partial charge is 0.425 e. The second-order valence-electron chi connectivity index (χ2n) is 6.13. The van der Waals surface area contributed by atoms with E-state index >= 15 is 0 Å². The fourth-order valence-electron chi connectivity index (χ4n) is 3.45. The molecule has 0 fully saturated rings. The van der Waals surface area contributed by atoms with E-state index in [-0.39, 0.29) is 23.9 Å². The van der Waals surface area contributed by atoms with Gasteiger partial charge in [-0.2, -0.15) is 0 Å². The first-order chi connectivity index (χ1) is 12.1. The van der Waals surface area contributed by atoms with Crippen LogP contribution >= 0.6 is 11.8 Å². The van der Waals surface area contributed by atoms with Gasteiger partial charge in [-0.25, -0.2) is 0 Å². The number of rotatable bonds is 2. The van der Waals surface area contributed by atoms with Gasteiger partial charge in [0.1, 0.15) is 5.75 Å². The smallest absolute Gasteiger partial charge is 0.312 e. The van der Waals surface area contributed by atoms with Crippen molar-refractivity contribution in [3.8, 4) is 5.75 Å². The van der Waals surface area contributed by atoms with Gasteiger partial charge in [0.2, 0.25) is 0 Å². The summed E-state index contributed by atoms with van der Waals surface area (Å²) in [7, 11) is 1.76. The predicted octanol–water partition coefficient (Wildman–Crippen LogP) is 3.70. The molecule has 3 aromatic rings. The molecule has 0 N–H and O–H groups in total. The molecule has 4 rings (SSSR count). The summed E-state index contributed by atoms with van der Waals surface area (Å²) < 4.78 is 7.16. The number of carbonyl (C=O) groups excluding carboxylic acids is 1. The van der Waals surface area contributed by atoms with E-state index in [1.165, 1.54) is 0 Å². The average molecular weight is 351 g/mol. The quantitative estimate of drug-likeness (QED) is 0.522. The number of pyridine rings is 1. The highest BCUT2D eigenvalue weighted by molar-refractivity contribution is 7.98. The lowest BCUT2D eigenvalue weighted by Gasteiger charge is -2.26. The molecule has 0 unspecified atom stereocenters. The van der Waals surface area contributed by atoms with E-state index in [9.17, 15) is 9.59 Å². The summed E-state index contributed by atoms with van der Waals surface area (Å²) in [5.74, 6) is -0.172. The van der Waals surface area contributed by atoms with Gasteiger partial charge in [-0.05, 0) is 36.1 Å². The zero-order chi connectivity index (χ0) is 17.6. The van der Waals surface area contributed by atoms with Gasteiger partial charge in [-0.15, -0.1) is 11.8 Å². The Kier molecular flexibility index (Phi) is 3.88. The summed E-state index contributed by atoms with van der Waals surface area (Å²) in [5.41, 5.74) is 2.18. The third-order valence-corrected chi connectivity index (χ3v) is 5.49. The molecule has 4 nitrogen and oxygen atoms in total. The van der Waals surface area contributed by atoms with E-state index in [2.05, 4.69) is 0 Å². The molecule has 126 valence electrons. The Labute approximate surface area is 149 Å². The normalized spacial score (nSPS) is 16.6. The van der Waals surface area contributed by atoms with Crippen LogP contribution in [0.15, 0.2) is 58.2 Å². The Morgan fingerprint density at radius 1 is 1.08 bits per heavy atom. The number of hydrogen-bond donors (Lipinski definition) is 0. The monoisotopic (exact) mass is 351 g/mol. The van der Waals surface area contributed by atoms with Crippen LogP contribution in [0, 0.1) is 0 Å². The number of aromatic nitrogens is 1. The molecule has 1 aliphatic rings. The van der Waals surface area contributed by atoms with Gasteiger partial charge in [-0.1, -0.05) is 24.3 Å². The number of thioether (sulfide) groups is 1. The van der Waals surface area contributed by atoms with Gasteiger partial charge in [0.25, 0.3) is 5.56 Å². The maximum absolute atomic E-state index is 13.0. The number of esters is 1. The number of fused-ring (bicyclic) bond motifs is 3. The lowest BCUT2D eigenvalue weighted by molar-refractivity contribution is -0.135. The zero-order valence-corrected chi connectivity index (χ0v) is 14.8. The Bertz CT molecular complexity index is 1040. The summed E-state index contributed by atoms with van der Waals surface area (Å²) in [4.78, 5) is 26.4. The Morgan fingerprint density at radius 2 is 1.80 bits per heavy atom. The highest BCUT2D eigenvalue weighted by Gasteiger charge is 2.33. The van der Waals surface area contributed by atoms with Gasteiger partial charge >= 0.3 is 5.97 Å². The number of hydrogen-bond acceptors (Lipinski definition) is 4. The highest BCUT2D eigenvalue weighted by Crippen LogP contribution is 2.40. The van der Waals surface area contributed by atoms with Crippen molar-refractivity contribution in [2.24, 2.45) is 7.05 Å².